The fourth-order valence-electron chi connectivity index (χ4n) is 7.35. The molecule has 2 saturated heterocycles. The summed E-state index contributed by atoms with van der Waals surface area (Å²) in [7, 11) is 0. The predicted molar refractivity (Wildman–Crippen MR) is 174 cm³/mol. The topological polar surface area (TPSA) is 80.6 Å². The fourth-order valence-corrected chi connectivity index (χ4v) is 7.92. The summed E-state index contributed by atoms with van der Waals surface area (Å²) in [6.45, 7) is 8.26. The van der Waals surface area contributed by atoms with Gasteiger partial charge in [-0.25, -0.2) is 9.78 Å². The molecule has 4 heterocycles. The van der Waals surface area contributed by atoms with E-state index in [1.165, 1.54) is 16.7 Å². The van der Waals surface area contributed by atoms with Gasteiger partial charge >= 0.3 is 6.09 Å². The lowest BCUT2D eigenvalue weighted by Crippen LogP contribution is -2.57. The molecule has 10 heteroatoms. The number of amides is 2. The van der Waals surface area contributed by atoms with Gasteiger partial charge in [-0.2, -0.15) is 0 Å². The van der Waals surface area contributed by atoms with Crippen LogP contribution in [0.15, 0.2) is 53.7 Å². The van der Waals surface area contributed by atoms with Crippen molar-refractivity contribution in [2.45, 2.75) is 83.4 Å². The number of carbonyl (C=O) groups excluding carboxylic acids is 2. The molecule has 4 atom stereocenters. The van der Waals surface area contributed by atoms with Crippen LogP contribution in [0.2, 0.25) is 5.02 Å². The summed E-state index contributed by atoms with van der Waals surface area (Å²) in [6, 6.07) is 7.76. The Hall–Kier alpha value is -2.91. The molecular formula is C34H41BrClN5O3. The molecule has 2 aliphatic heterocycles. The van der Waals surface area contributed by atoms with Gasteiger partial charge in [0.25, 0.3) is 0 Å². The monoisotopic (exact) mass is 681 g/mol. The smallest absolute Gasteiger partial charge is 0.410 e. The second-order valence-corrected chi connectivity index (χ2v) is 14.9. The summed E-state index contributed by atoms with van der Waals surface area (Å²) >= 11 is 10.1. The Morgan fingerprint density at radius 2 is 1.93 bits per heavy atom. The number of benzene rings is 1. The lowest BCUT2D eigenvalue weighted by molar-refractivity contribution is -0.141. The first kappa shape index (κ1) is 31.1. The molecule has 0 bridgehead atoms. The van der Waals surface area contributed by atoms with E-state index >= 15 is 0 Å². The van der Waals surface area contributed by atoms with E-state index in [1.807, 2.05) is 50.5 Å². The van der Waals surface area contributed by atoms with Gasteiger partial charge in [0.05, 0.1) is 12.0 Å². The SMILES string of the molecule is CC(C)(C)OC(=O)N1CCC([C@@H]2c3ccc(Cl)cc3CCc3cc(Br)cnc32)CC1C(=O)N1CCC[C@H](Cn2ccnc2)C1. The van der Waals surface area contributed by atoms with Crippen molar-refractivity contribution < 1.29 is 14.3 Å². The molecule has 0 saturated carbocycles. The minimum Gasteiger partial charge on any atom is -0.444 e. The predicted octanol–water partition coefficient (Wildman–Crippen LogP) is 6.88. The number of pyridine rings is 1. The number of imidazole rings is 1. The lowest BCUT2D eigenvalue weighted by Gasteiger charge is -2.44. The molecule has 3 aromatic rings. The second kappa shape index (κ2) is 12.8. The zero-order valence-electron chi connectivity index (χ0n) is 25.7. The van der Waals surface area contributed by atoms with Crippen LogP contribution in [0.1, 0.15) is 74.8 Å². The summed E-state index contributed by atoms with van der Waals surface area (Å²) in [4.78, 5) is 40.9. The number of nitrogens with zero attached hydrogens (tertiary/aromatic N) is 5. The van der Waals surface area contributed by atoms with Crippen molar-refractivity contribution in [3.05, 3.63) is 81.1 Å². The number of rotatable bonds is 4. The van der Waals surface area contributed by atoms with E-state index in [4.69, 9.17) is 21.3 Å². The molecule has 0 N–H and O–H groups in total. The van der Waals surface area contributed by atoms with Crippen LogP contribution in [0, 0.1) is 11.8 Å². The minimum absolute atomic E-state index is 0.000650. The Labute approximate surface area is 273 Å². The van der Waals surface area contributed by atoms with Gasteiger partial charge in [0.15, 0.2) is 0 Å². The third-order valence-electron chi connectivity index (χ3n) is 9.25. The molecule has 6 rings (SSSR count). The Morgan fingerprint density at radius 3 is 2.70 bits per heavy atom. The summed E-state index contributed by atoms with van der Waals surface area (Å²) in [5.74, 6) is 0.466. The van der Waals surface area contributed by atoms with Crippen LogP contribution in [0.3, 0.4) is 0 Å². The number of likely N-dealkylation sites (tertiary alicyclic amines) is 2. The Balaban J connectivity index is 1.32. The van der Waals surface area contributed by atoms with E-state index in [1.54, 1.807) is 11.1 Å². The van der Waals surface area contributed by atoms with E-state index in [9.17, 15) is 9.59 Å². The largest absolute Gasteiger partial charge is 0.444 e. The number of hydrogen-bond donors (Lipinski definition) is 0. The first-order valence-electron chi connectivity index (χ1n) is 15.7. The number of ether oxygens (including phenoxy) is 1. The molecule has 3 aliphatic rings. The number of halogens is 2. The molecule has 2 amide bonds. The lowest BCUT2D eigenvalue weighted by atomic mass is 9.74. The maximum Gasteiger partial charge on any atom is 0.410 e. The average molecular weight is 683 g/mol. The van der Waals surface area contributed by atoms with Gasteiger partial charge in [0.1, 0.15) is 11.6 Å². The van der Waals surface area contributed by atoms with Gasteiger partial charge < -0.3 is 14.2 Å². The van der Waals surface area contributed by atoms with Crippen molar-refractivity contribution >= 4 is 39.5 Å². The molecule has 2 unspecified atom stereocenters. The van der Waals surface area contributed by atoms with Crippen molar-refractivity contribution in [3.63, 3.8) is 0 Å². The molecule has 8 nitrogen and oxygen atoms in total. The molecule has 0 radical (unpaired) electrons. The van der Waals surface area contributed by atoms with Gasteiger partial charge in [-0.1, -0.05) is 17.7 Å². The Kier molecular flexibility index (Phi) is 9.07. The molecule has 2 aromatic heterocycles. The average Bonchev–Trinajstić information content (AvgIpc) is 3.44. The Bertz CT molecular complexity index is 1450. The third kappa shape index (κ3) is 6.84. The molecular weight excluding hydrogens is 642 g/mol. The first-order chi connectivity index (χ1) is 21.1. The quantitative estimate of drug-likeness (QED) is 0.300. The van der Waals surface area contributed by atoms with Crippen LogP contribution >= 0.6 is 27.5 Å². The maximum absolute atomic E-state index is 14.5. The highest BCUT2D eigenvalue weighted by Gasteiger charge is 2.44. The van der Waals surface area contributed by atoms with E-state index in [0.717, 1.165) is 53.8 Å². The highest BCUT2D eigenvalue weighted by atomic mass is 79.9. The normalized spacial score (nSPS) is 23.8. The van der Waals surface area contributed by atoms with Crippen LogP contribution < -0.4 is 0 Å². The van der Waals surface area contributed by atoms with Crippen molar-refractivity contribution in [1.82, 2.24) is 24.3 Å². The molecule has 234 valence electrons. The van der Waals surface area contributed by atoms with Crippen molar-refractivity contribution in [3.8, 4) is 0 Å². The second-order valence-electron chi connectivity index (χ2n) is 13.5. The van der Waals surface area contributed by atoms with Gasteiger partial charge in [-0.15, -0.1) is 0 Å². The molecule has 2 fully saturated rings. The van der Waals surface area contributed by atoms with Crippen molar-refractivity contribution in [2.75, 3.05) is 19.6 Å². The van der Waals surface area contributed by atoms with Gasteiger partial charge in [-0.05, 0) is 122 Å². The highest BCUT2D eigenvalue weighted by Crippen LogP contribution is 2.45. The minimum atomic E-state index is -0.654. The number of aryl methyl sites for hydroxylation is 2. The Morgan fingerprint density at radius 1 is 1.11 bits per heavy atom. The van der Waals surface area contributed by atoms with Crippen LogP contribution in [-0.4, -0.2) is 67.6 Å². The number of fused-ring (bicyclic) bond motifs is 2. The van der Waals surface area contributed by atoms with Gasteiger partial charge in [0.2, 0.25) is 5.91 Å². The zero-order valence-corrected chi connectivity index (χ0v) is 28.1. The molecule has 1 aliphatic carbocycles. The summed E-state index contributed by atoms with van der Waals surface area (Å²) in [5, 5.41) is 0.728. The van der Waals surface area contributed by atoms with Crippen LogP contribution in [0.4, 0.5) is 4.79 Å². The molecule has 1 aromatic carbocycles. The van der Waals surface area contributed by atoms with E-state index in [2.05, 4.69) is 43.7 Å². The number of piperidine rings is 2. The summed E-state index contributed by atoms with van der Waals surface area (Å²) in [6.07, 6.45) is 12.1. The number of carbonyl (C=O) groups is 2. The first-order valence-corrected chi connectivity index (χ1v) is 16.9. The highest BCUT2D eigenvalue weighted by molar-refractivity contribution is 9.10. The van der Waals surface area contributed by atoms with Crippen LogP contribution in [-0.2, 0) is 28.9 Å². The van der Waals surface area contributed by atoms with E-state index in [0.29, 0.717) is 32.0 Å². The standard InChI is InChI=1S/C34H41BrClN5O3/c1-34(2,3)44-33(43)41-13-10-24(17-29(41)32(42)40-12-4-5-22(20-40)19-39-14-11-37-21-39)30-28-9-8-27(36)16-23(28)6-7-25-15-26(35)18-38-31(25)30/h8-9,11,14-16,18,21-22,24,29-30H,4-7,10,12-13,17,19-20H2,1-3H3/t22-,24?,29?,30-/m1/s1. The molecule has 0 spiro atoms. The van der Waals surface area contributed by atoms with Crippen LogP contribution in [0.5, 0.6) is 0 Å². The van der Waals surface area contributed by atoms with E-state index < -0.39 is 17.7 Å². The number of aromatic nitrogens is 3. The summed E-state index contributed by atoms with van der Waals surface area (Å²) < 4.78 is 8.89. The maximum atomic E-state index is 14.5. The zero-order chi connectivity index (χ0) is 31.0. The summed E-state index contributed by atoms with van der Waals surface area (Å²) in [5.41, 5.74) is 4.08. The number of hydrogen-bond acceptors (Lipinski definition) is 5. The molecule has 44 heavy (non-hydrogen) atoms. The van der Waals surface area contributed by atoms with E-state index in [-0.39, 0.29) is 17.7 Å². The van der Waals surface area contributed by atoms with Crippen LogP contribution in [0.25, 0.3) is 0 Å². The third-order valence-corrected chi connectivity index (χ3v) is 9.92. The van der Waals surface area contributed by atoms with Gasteiger partial charge in [0, 0.05) is 60.2 Å². The van der Waals surface area contributed by atoms with Gasteiger partial charge in [-0.3, -0.25) is 14.7 Å². The van der Waals surface area contributed by atoms with Crippen molar-refractivity contribution in [1.29, 1.82) is 0 Å². The van der Waals surface area contributed by atoms with Crippen molar-refractivity contribution in [2.24, 2.45) is 11.8 Å². The fraction of sp³-hybridized carbons (Fsp3) is 0.529.